The summed E-state index contributed by atoms with van der Waals surface area (Å²) in [6.07, 6.45) is 0. The summed E-state index contributed by atoms with van der Waals surface area (Å²) < 4.78 is 0. The van der Waals surface area contributed by atoms with Crippen molar-refractivity contribution in [2.75, 3.05) is 11.5 Å². The van der Waals surface area contributed by atoms with Crippen LogP contribution >= 0.6 is 0 Å². The molecule has 4 heteroatoms. The molecule has 0 saturated heterocycles. The van der Waals surface area contributed by atoms with Crippen LogP contribution in [0.5, 0.6) is 0 Å². The van der Waals surface area contributed by atoms with Crippen LogP contribution in [0, 0.1) is 19.3 Å². The van der Waals surface area contributed by atoms with Crippen molar-refractivity contribution in [1.82, 2.24) is 0 Å². The van der Waals surface area contributed by atoms with Crippen molar-refractivity contribution in [2.45, 2.75) is 13.8 Å². The van der Waals surface area contributed by atoms with Gasteiger partial charge in [-0.25, -0.2) is 0 Å². The molecule has 0 heterocycles. The van der Waals surface area contributed by atoms with Gasteiger partial charge in [0, 0.05) is 28.1 Å². The third-order valence-corrected chi connectivity index (χ3v) is 4.08. The number of nitrogens with one attached hydrogen (secondary N) is 1. The molecule has 0 fully saturated rings. The first kappa shape index (κ1) is 12.4. The summed E-state index contributed by atoms with van der Waals surface area (Å²) in [5.74, 6) is -0.154. The molecule has 2 aromatic rings. The normalized spacial score (nSPS) is 13.1. The zero-order valence-corrected chi connectivity index (χ0v) is 11.4. The van der Waals surface area contributed by atoms with Crippen LogP contribution in [0.3, 0.4) is 0 Å². The van der Waals surface area contributed by atoms with Crippen LogP contribution in [0.25, 0.3) is 0 Å². The number of hydrogen-bond acceptors (Lipinski definition) is 4. The predicted octanol–water partition coefficient (Wildman–Crippen LogP) is 2.43. The molecule has 0 aromatic heterocycles. The van der Waals surface area contributed by atoms with E-state index in [9.17, 15) is 4.79 Å². The number of carbonyl (C=O) groups is 1. The average molecular weight is 265 g/mol. The molecule has 0 bridgehead atoms. The van der Waals surface area contributed by atoms with E-state index in [1.54, 1.807) is 18.2 Å². The van der Waals surface area contributed by atoms with E-state index in [-0.39, 0.29) is 11.5 Å². The molecule has 1 aliphatic rings. The number of benzene rings is 2. The minimum absolute atomic E-state index is 0.154. The minimum Gasteiger partial charge on any atom is -0.398 e. The Morgan fingerprint density at radius 2 is 1.40 bits per heavy atom. The van der Waals surface area contributed by atoms with Crippen molar-refractivity contribution in [3.8, 4) is 0 Å². The molecule has 0 atom stereocenters. The van der Waals surface area contributed by atoms with Gasteiger partial charge in [0.15, 0.2) is 5.78 Å². The first-order valence-corrected chi connectivity index (χ1v) is 6.36. The van der Waals surface area contributed by atoms with Crippen molar-refractivity contribution >= 4 is 22.9 Å². The van der Waals surface area contributed by atoms with E-state index >= 15 is 0 Å². The van der Waals surface area contributed by atoms with Crippen LogP contribution in [-0.4, -0.2) is 11.5 Å². The number of rotatable bonds is 0. The maximum absolute atomic E-state index is 12.7. The van der Waals surface area contributed by atoms with Crippen molar-refractivity contribution < 1.29 is 4.79 Å². The minimum atomic E-state index is -0.154. The van der Waals surface area contributed by atoms with E-state index in [0.29, 0.717) is 33.6 Å². The van der Waals surface area contributed by atoms with E-state index in [2.05, 4.69) is 0 Å². The Morgan fingerprint density at radius 3 is 2.00 bits per heavy atom. The second kappa shape index (κ2) is 3.93. The number of nitrogen functional groups attached to an aromatic ring is 2. The quantitative estimate of drug-likeness (QED) is 0.545. The van der Waals surface area contributed by atoms with Crippen molar-refractivity contribution in [2.24, 2.45) is 0 Å². The fourth-order valence-corrected chi connectivity index (χ4v) is 2.71. The van der Waals surface area contributed by atoms with Gasteiger partial charge in [-0.05, 0) is 25.0 Å². The lowest BCUT2D eigenvalue weighted by molar-refractivity contribution is 0.103. The summed E-state index contributed by atoms with van der Waals surface area (Å²) in [6.45, 7) is 3.71. The summed E-state index contributed by atoms with van der Waals surface area (Å²) in [7, 11) is 0. The number of anilines is 2. The molecule has 0 unspecified atom stereocenters. The summed E-state index contributed by atoms with van der Waals surface area (Å²) in [5.41, 5.74) is 17.0. The van der Waals surface area contributed by atoms with Crippen molar-refractivity contribution in [3.05, 3.63) is 57.6 Å². The monoisotopic (exact) mass is 265 g/mol. The highest BCUT2D eigenvalue weighted by Gasteiger charge is 2.32. The Hall–Kier alpha value is -2.62. The van der Waals surface area contributed by atoms with Crippen LogP contribution in [0.4, 0.5) is 11.4 Å². The Bertz CT molecular complexity index is 725. The molecule has 0 amide bonds. The molecular formula is C16H15N3O. The lowest BCUT2D eigenvalue weighted by atomic mass is 9.79. The summed E-state index contributed by atoms with van der Waals surface area (Å²) in [4.78, 5) is 12.7. The third-order valence-electron chi connectivity index (χ3n) is 4.08. The highest BCUT2D eigenvalue weighted by Crippen LogP contribution is 2.38. The molecule has 3 rings (SSSR count). The van der Waals surface area contributed by atoms with Gasteiger partial charge in [-0.2, -0.15) is 0 Å². The lowest BCUT2D eigenvalue weighted by Gasteiger charge is -2.25. The van der Waals surface area contributed by atoms with Gasteiger partial charge < -0.3 is 11.5 Å². The number of carbonyl (C=O) groups excluding carboxylic acids is 1. The Balaban J connectivity index is 2.46. The van der Waals surface area contributed by atoms with Crippen LogP contribution in [0.1, 0.15) is 38.2 Å². The van der Waals surface area contributed by atoms with Gasteiger partial charge >= 0.3 is 0 Å². The summed E-state index contributed by atoms with van der Waals surface area (Å²) in [5, 5.41) is 8.36. The van der Waals surface area contributed by atoms with E-state index in [1.165, 1.54) is 0 Å². The van der Waals surface area contributed by atoms with E-state index in [1.807, 2.05) is 19.9 Å². The summed E-state index contributed by atoms with van der Waals surface area (Å²) >= 11 is 0. The number of hydrogen-bond donors (Lipinski definition) is 3. The number of ketones is 1. The third kappa shape index (κ3) is 1.36. The Morgan fingerprint density at radius 1 is 0.900 bits per heavy atom. The van der Waals surface area contributed by atoms with Gasteiger partial charge in [-0.15, -0.1) is 0 Å². The molecular weight excluding hydrogens is 250 g/mol. The number of nitrogens with two attached hydrogens (primary N) is 2. The predicted molar refractivity (Wildman–Crippen MR) is 80.5 cm³/mol. The fourth-order valence-electron chi connectivity index (χ4n) is 2.71. The van der Waals surface area contributed by atoms with Crippen LogP contribution < -0.4 is 11.5 Å². The maximum Gasteiger partial charge on any atom is 0.196 e. The summed E-state index contributed by atoms with van der Waals surface area (Å²) in [6, 6.07) is 7.09. The van der Waals surface area contributed by atoms with Gasteiger partial charge in [0.25, 0.3) is 0 Å². The topological polar surface area (TPSA) is 93.0 Å². The molecule has 0 spiro atoms. The highest BCUT2D eigenvalue weighted by atomic mass is 16.1. The van der Waals surface area contributed by atoms with Gasteiger partial charge in [0.1, 0.15) is 0 Å². The molecule has 0 saturated carbocycles. The zero-order chi connectivity index (χ0) is 14.6. The first-order chi connectivity index (χ1) is 9.45. The van der Waals surface area contributed by atoms with E-state index < -0.39 is 0 Å². The van der Waals surface area contributed by atoms with E-state index in [4.69, 9.17) is 16.9 Å². The molecule has 100 valence electrons. The van der Waals surface area contributed by atoms with Crippen molar-refractivity contribution in [3.63, 3.8) is 0 Å². The smallest absolute Gasteiger partial charge is 0.196 e. The molecule has 4 nitrogen and oxygen atoms in total. The highest BCUT2D eigenvalue weighted by molar-refractivity contribution is 6.32. The Labute approximate surface area is 116 Å². The zero-order valence-electron chi connectivity index (χ0n) is 11.4. The Kier molecular flexibility index (Phi) is 2.44. The standard InChI is InChI=1S/C16H15N3O/c1-7-8(2)14(18)12-11(13(7)17)15(19)9-5-3-4-6-10(9)16(12)20/h3-6,19H,17-18H2,1-2H3. The largest absolute Gasteiger partial charge is 0.398 e. The number of fused-ring (bicyclic) bond motifs is 2. The first-order valence-electron chi connectivity index (χ1n) is 6.36. The van der Waals surface area contributed by atoms with Crippen LogP contribution in [-0.2, 0) is 0 Å². The van der Waals surface area contributed by atoms with Gasteiger partial charge in [-0.3, -0.25) is 10.2 Å². The fraction of sp³-hybridized carbons (Fsp3) is 0.125. The average Bonchev–Trinajstić information content (AvgIpc) is 2.46. The van der Waals surface area contributed by atoms with E-state index in [0.717, 1.165) is 11.1 Å². The van der Waals surface area contributed by atoms with Gasteiger partial charge in [-0.1, -0.05) is 24.3 Å². The molecule has 5 N–H and O–H groups in total. The van der Waals surface area contributed by atoms with Gasteiger partial charge in [0.05, 0.1) is 11.3 Å². The second-order valence-electron chi connectivity index (χ2n) is 5.08. The molecule has 1 aliphatic carbocycles. The molecule has 2 aromatic carbocycles. The van der Waals surface area contributed by atoms with Crippen LogP contribution in [0.2, 0.25) is 0 Å². The van der Waals surface area contributed by atoms with Crippen molar-refractivity contribution in [1.29, 1.82) is 5.41 Å². The SMILES string of the molecule is Cc1c(C)c(N)c2c(c1N)C(=N)c1ccccc1C2=O. The molecule has 20 heavy (non-hydrogen) atoms. The maximum atomic E-state index is 12.7. The molecule has 0 aliphatic heterocycles. The van der Waals surface area contributed by atoms with Gasteiger partial charge in [0.2, 0.25) is 0 Å². The molecule has 0 radical (unpaired) electrons. The van der Waals surface area contributed by atoms with Crippen LogP contribution in [0.15, 0.2) is 24.3 Å². The lowest BCUT2D eigenvalue weighted by Crippen LogP contribution is -2.25. The second-order valence-corrected chi connectivity index (χ2v) is 5.08.